The van der Waals surface area contributed by atoms with E-state index < -0.39 is 0 Å². The average molecular weight is 588 g/mol. The molecule has 0 bridgehead atoms. The summed E-state index contributed by atoms with van der Waals surface area (Å²) >= 11 is 0. The van der Waals surface area contributed by atoms with Gasteiger partial charge >= 0.3 is 25.8 Å². The summed E-state index contributed by atoms with van der Waals surface area (Å²) < 4.78 is 0. The quantitative estimate of drug-likeness (QED) is 0.373. The van der Waals surface area contributed by atoms with Crippen LogP contribution in [0.1, 0.15) is 50.7 Å². The van der Waals surface area contributed by atoms with Gasteiger partial charge in [-0.05, 0) is 11.1 Å². The standard InChI is InChI=1S/2C13H13.2ClH.Hf/c2*1-2-11-8-9-13(10-11)12-6-4-3-5-7-12;;;/h2*3-7,10H,2,9H2,1H3;2*1H;/q2*-1;;;+4/p-2. The maximum absolute atomic E-state index is 3.38. The molecule has 0 atom stereocenters. The third kappa shape index (κ3) is 8.24. The molecule has 0 spiro atoms. The summed E-state index contributed by atoms with van der Waals surface area (Å²) in [6.45, 7) is 4.35. The van der Waals surface area contributed by atoms with E-state index in [4.69, 9.17) is 0 Å². The normalized spacial score (nSPS) is 13.9. The number of halogens is 2. The first-order valence-corrected chi connectivity index (χ1v) is 9.51. The molecule has 0 aliphatic heterocycles. The van der Waals surface area contributed by atoms with Gasteiger partial charge in [0.1, 0.15) is 0 Å². The molecule has 2 aromatic carbocycles. The van der Waals surface area contributed by atoms with Crippen LogP contribution in [0.2, 0.25) is 0 Å². The molecule has 0 aromatic heterocycles. The molecular formula is C26H26Cl2Hf. The summed E-state index contributed by atoms with van der Waals surface area (Å²) in [7, 11) is 0. The van der Waals surface area contributed by atoms with Gasteiger partial charge < -0.3 is 24.8 Å². The topological polar surface area (TPSA) is 0 Å². The van der Waals surface area contributed by atoms with Crippen molar-refractivity contribution in [3.8, 4) is 0 Å². The molecule has 0 N–H and O–H groups in total. The van der Waals surface area contributed by atoms with Crippen LogP contribution in [0.3, 0.4) is 0 Å². The first-order chi connectivity index (χ1) is 12.8. The zero-order valence-electron chi connectivity index (χ0n) is 17.0. The largest absolute Gasteiger partial charge is 4.00 e. The number of hydrogen-bond acceptors (Lipinski definition) is 0. The van der Waals surface area contributed by atoms with Gasteiger partial charge in [0.15, 0.2) is 0 Å². The van der Waals surface area contributed by atoms with E-state index in [2.05, 4.69) is 98.8 Å². The van der Waals surface area contributed by atoms with Gasteiger partial charge in [0.2, 0.25) is 0 Å². The van der Waals surface area contributed by atoms with Gasteiger partial charge in [0.25, 0.3) is 0 Å². The van der Waals surface area contributed by atoms with Crippen LogP contribution in [0.5, 0.6) is 0 Å². The second-order valence-electron chi connectivity index (χ2n) is 6.54. The second kappa shape index (κ2) is 14.8. The van der Waals surface area contributed by atoms with Crippen LogP contribution >= 0.6 is 0 Å². The van der Waals surface area contributed by atoms with Crippen molar-refractivity contribution in [1.82, 2.24) is 0 Å². The minimum Gasteiger partial charge on any atom is -1.00 e. The third-order valence-electron chi connectivity index (χ3n) is 4.76. The van der Waals surface area contributed by atoms with Crippen molar-refractivity contribution >= 4 is 11.1 Å². The van der Waals surface area contributed by atoms with Gasteiger partial charge in [-0.25, -0.2) is 23.3 Å². The Bertz CT molecular complexity index is 773. The van der Waals surface area contributed by atoms with Crippen molar-refractivity contribution in [2.75, 3.05) is 0 Å². The molecule has 0 nitrogen and oxygen atoms in total. The zero-order valence-corrected chi connectivity index (χ0v) is 22.1. The Morgan fingerprint density at radius 3 is 1.24 bits per heavy atom. The van der Waals surface area contributed by atoms with Crippen LogP contribution < -0.4 is 24.8 Å². The molecule has 0 fully saturated rings. The van der Waals surface area contributed by atoms with E-state index in [1.807, 2.05) is 0 Å². The fraction of sp³-hybridized carbons (Fsp3) is 0.231. The van der Waals surface area contributed by atoms with Crippen molar-refractivity contribution in [3.05, 3.63) is 107 Å². The minimum absolute atomic E-state index is 0. The number of rotatable bonds is 4. The first kappa shape index (κ1) is 27.9. The maximum atomic E-state index is 3.38. The summed E-state index contributed by atoms with van der Waals surface area (Å²) in [4.78, 5) is 0. The van der Waals surface area contributed by atoms with Crippen LogP contribution in [0.25, 0.3) is 11.1 Å². The first-order valence-electron chi connectivity index (χ1n) is 9.51. The molecule has 3 heteroatoms. The monoisotopic (exact) mass is 588 g/mol. The van der Waals surface area contributed by atoms with Gasteiger partial charge in [-0.3, -0.25) is 12.2 Å². The molecule has 0 amide bonds. The van der Waals surface area contributed by atoms with Crippen LogP contribution in [0.15, 0.2) is 84.0 Å². The van der Waals surface area contributed by atoms with E-state index in [9.17, 15) is 0 Å². The Hall–Kier alpha value is -1.15. The molecule has 2 aliphatic rings. The molecule has 0 radical (unpaired) electrons. The fourth-order valence-corrected chi connectivity index (χ4v) is 3.17. The zero-order chi connectivity index (χ0) is 18.2. The molecular weight excluding hydrogens is 562 g/mol. The predicted molar refractivity (Wildman–Crippen MR) is 112 cm³/mol. The molecule has 0 heterocycles. The Morgan fingerprint density at radius 1 is 0.621 bits per heavy atom. The fourth-order valence-electron chi connectivity index (χ4n) is 3.17. The summed E-state index contributed by atoms with van der Waals surface area (Å²) in [6, 6.07) is 21.1. The van der Waals surface area contributed by atoms with Gasteiger partial charge in [-0.1, -0.05) is 87.4 Å². The summed E-state index contributed by atoms with van der Waals surface area (Å²) in [5, 5.41) is 0. The van der Waals surface area contributed by atoms with Crippen LogP contribution in [0, 0.1) is 12.2 Å². The number of benzene rings is 2. The van der Waals surface area contributed by atoms with Gasteiger partial charge in [-0.2, -0.15) is 0 Å². The van der Waals surface area contributed by atoms with Crippen molar-refractivity contribution in [2.24, 2.45) is 0 Å². The minimum atomic E-state index is 0. The predicted octanol–water partition coefficient (Wildman–Crippen LogP) is 1.23. The SMILES string of the molecule is CCC1=[C-]CC(c2ccccc2)=C1.CCC1=[C-]CC(c2ccccc2)=C1.[Cl-].[Cl-].[Hf+4]. The van der Waals surface area contributed by atoms with Crippen LogP contribution in [-0.4, -0.2) is 0 Å². The molecule has 0 saturated heterocycles. The molecule has 2 aromatic rings. The molecule has 2 aliphatic carbocycles. The third-order valence-corrected chi connectivity index (χ3v) is 4.76. The molecule has 148 valence electrons. The maximum Gasteiger partial charge on any atom is 4.00 e. The number of allylic oxidation sites excluding steroid dienone is 8. The smallest absolute Gasteiger partial charge is 1.00 e. The summed E-state index contributed by atoms with van der Waals surface area (Å²) in [6.07, 6.45) is 15.4. The van der Waals surface area contributed by atoms with Crippen molar-refractivity contribution in [2.45, 2.75) is 39.5 Å². The van der Waals surface area contributed by atoms with Crippen LogP contribution in [0.4, 0.5) is 0 Å². The van der Waals surface area contributed by atoms with Crippen LogP contribution in [-0.2, 0) is 25.8 Å². The summed E-state index contributed by atoms with van der Waals surface area (Å²) in [5.41, 5.74) is 8.16. The van der Waals surface area contributed by atoms with Gasteiger partial charge in [0.05, 0.1) is 0 Å². The van der Waals surface area contributed by atoms with E-state index in [0.717, 1.165) is 25.7 Å². The average Bonchev–Trinajstić information content (AvgIpc) is 3.39. The van der Waals surface area contributed by atoms with E-state index >= 15 is 0 Å². The Labute approximate surface area is 207 Å². The Kier molecular flexibility index (Phi) is 14.2. The molecule has 0 saturated carbocycles. The Morgan fingerprint density at radius 2 is 0.966 bits per heavy atom. The molecule has 29 heavy (non-hydrogen) atoms. The number of hydrogen-bond donors (Lipinski definition) is 0. The Balaban J connectivity index is 0.000000490. The second-order valence-corrected chi connectivity index (χ2v) is 6.54. The van der Waals surface area contributed by atoms with E-state index in [0.29, 0.717) is 0 Å². The van der Waals surface area contributed by atoms with Crippen molar-refractivity contribution in [3.63, 3.8) is 0 Å². The molecule has 4 rings (SSSR count). The van der Waals surface area contributed by atoms with E-state index in [1.165, 1.54) is 33.4 Å². The van der Waals surface area contributed by atoms with E-state index in [1.54, 1.807) is 0 Å². The van der Waals surface area contributed by atoms with Crippen molar-refractivity contribution in [1.29, 1.82) is 0 Å². The van der Waals surface area contributed by atoms with E-state index in [-0.39, 0.29) is 50.7 Å². The summed E-state index contributed by atoms with van der Waals surface area (Å²) in [5.74, 6) is 0. The van der Waals surface area contributed by atoms with Gasteiger partial charge in [-0.15, -0.1) is 24.0 Å². The van der Waals surface area contributed by atoms with Gasteiger partial charge in [0, 0.05) is 0 Å². The molecule has 0 unspecified atom stereocenters. The van der Waals surface area contributed by atoms with Crippen molar-refractivity contribution < 1.29 is 50.7 Å².